The van der Waals surface area contributed by atoms with Crippen LogP contribution in [-0.2, 0) is 6.42 Å². The van der Waals surface area contributed by atoms with Crippen LogP contribution in [0.1, 0.15) is 42.4 Å². The van der Waals surface area contributed by atoms with Crippen LogP contribution in [0.3, 0.4) is 0 Å². The molecule has 1 saturated heterocycles. The summed E-state index contributed by atoms with van der Waals surface area (Å²) in [4.78, 5) is 12.6. The van der Waals surface area contributed by atoms with E-state index < -0.39 is 0 Å². The second kappa shape index (κ2) is 8.45. The summed E-state index contributed by atoms with van der Waals surface area (Å²) in [6.07, 6.45) is 3.81. The normalized spacial score (nSPS) is 17.0. The Morgan fingerprint density at radius 2 is 2.36 bits per heavy atom. The van der Waals surface area contributed by atoms with E-state index in [0.29, 0.717) is 23.2 Å². The first-order valence-electron chi connectivity index (χ1n) is 8.88. The predicted octanol–water partition coefficient (Wildman–Crippen LogP) is 2.60. The van der Waals surface area contributed by atoms with Crippen LogP contribution in [-0.4, -0.2) is 40.5 Å². The average Bonchev–Trinajstić information content (AvgIpc) is 3.25. The summed E-state index contributed by atoms with van der Waals surface area (Å²) >= 11 is 6.08. The number of carbonyl (C=O) groups excluding carboxylic acids is 1. The molecule has 1 aliphatic heterocycles. The minimum absolute atomic E-state index is 0.150. The van der Waals surface area contributed by atoms with Crippen molar-refractivity contribution in [1.29, 1.82) is 0 Å². The van der Waals surface area contributed by atoms with Gasteiger partial charge < -0.3 is 10.6 Å². The molecule has 25 heavy (non-hydrogen) atoms. The molecule has 1 aliphatic rings. The first kappa shape index (κ1) is 17.9. The zero-order valence-corrected chi connectivity index (χ0v) is 15.2. The van der Waals surface area contributed by atoms with E-state index in [1.807, 2.05) is 24.3 Å². The molecule has 3 rings (SSSR count). The summed E-state index contributed by atoms with van der Waals surface area (Å²) in [6.45, 7) is 4.86. The van der Waals surface area contributed by atoms with E-state index in [1.54, 1.807) is 4.68 Å². The third kappa shape index (κ3) is 4.38. The van der Waals surface area contributed by atoms with Crippen LogP contribution in [0.2, 0.25) is 5.02 Å². The van der Waals surface area contributed by atoms with Crippen molar-refractivity contribution in [3.63, 3.8) is 0 Å². The van der Waals surface area contributed by atoms with Gasteiger partial charge in [0.2, 0.25) is 0 Å². The minimum atomic E-state index is -0.150. The third-order valence-corrected chi connectivity index (χ3v) is 4.75. The lowest BCUT2D eigenvalue weighted by atomic mass is 10.1. The third-order valence-electron chi connectivity index (χ3n) is 4.52. The maximum absolute atomic E-state index is 12.6. The largest absolute Gasteiger partial charge is 0.351 e. The molecule has 1 fully saturated rings. The Balaban J connectivity index is 1.72. The molecule has 0 aliphatic carbocycles. The first-order chi connectivity index (χ1) is 12.2. The van der Waals surface area contributed by atoms with Crippen LogP contribution < -0.4 is 10.6 Å². The van der Waals surface area contributed by atoms with Gasteiger partial charge in [-0.25, -0.2) is 4.68 Å². The number of nitrogens with zero attached hydrogens (tertiary/aromatic N) is 3. The molecule has 2 heterocycles. The first-order valence-corrected chi connectivity index (χ1v) is 9.26. The van der Waals surface area contributed by atoms with E-state index >= 15 is 0 Å². The standard InChI is InChI=1S/C18H24ClN5O/c1-2-4-16-17(18(25)21-10-8-13-7-9-20-12-13)22-23-24(16)15-6-3-5-14(19)11-15/h3,5-6,11,13,20H,2,4,7-10,12H2,1H3,(H,21,25). The van der Waals surface area contributed by atoms with Crippen LogP contribution in [0.4, 0.5) is 0 Å². The Morgan fingerprint density at radius 1 is 1.48 bits per heavy atom. The maximum atomic E-state index is 12.6. The monoisotopic (exact) mass is 361 g/mol. The molecule has 1 amide bonds. The van der Waals surface area contributed by atoms with Gasteiger partial charge in [-0.15, -0.1) is 5.10 Å². The number of aromatic nitrogens is 3. The molecule has 134 valence electrons. The van der Waals surface area contributed by atoms with Gasteiger partial charge in [0, 0.05) is 11.6 Å². The molecule has 0 saturated carbocycles. The summed E-state index contributed by atoms with van der Waals surface area (Å²) in [7, 11) is 0. The van der Waals surface area contributed by atoms with Crippen molar-refractivity contribution in [1.82, 2.24) is 25.6 Å². The molecule has 0 bridgehead atoms. The molecular weight excluding hydrogens is 338 g/mol. The number of rotatable bonds is 7. The van der Waals surface area contributed by atoms with E-state index in [1.165, 1.54) is 6.42 Å². The molecule has 2 aromatic rings. The fourth-order valence-electron chi connectivity index (χ4n) is 3.19. The van der Waals surface area contributed by atoms with Gasteiger partial charge in [0.1, 0.15) is 0 Å². The zero-order chi connectivity index (χ0) is 17.6. The number of amides is 1. The van der Waals surface area contributed by atoms with Crippen LogP contribution in [0.15, 0.2) is 24.3 Å². The van der Waals surface area contributed by atoms with E-state index in [9.17, 15) is 4.79 Å². The Morgan fingerprint density at radius 3 is 3.08 bits per heavy atom. The number of hydrogen-bond acceptors (Lipinski definition) is 4. The molecule has 0 spiro atoms. The second-order valence-corrected chi connectivity index (χ2v) is 6.87. The molecule has 1 unspecified atom stereocenters. The Bertz CT molecular complexity index is 724. The summed E-state index contributed by atoms with van der Waals surface area (Å²) in [5.41, 5.74) is 2.05. The highest BCUT2D eigenvalue weighted by Crippen LogP contribution is 2.18. The van der Waals surface area contributed by atoms with Gasteiger partial charge in [-0.1, -0.05) is 36.2 Å². The molecule has 6 nitrogen and oxygen atoms in total. The SMILES string of the molecule is CCCc1c(C(=O)NCCC2CCNC2)nnn1-c1cccc(Cl)c1. The van der Waals surface area contributed by atoms with Gasteiger partial charge in [0.05, 0.1) is 11.4 Å². The van der Waals surface area contributed by atoms with Crippen molar-refractivity contribution in [2.24, 2.45) is 5.92 Å². The molecule has 1 atom stereocenters. The lowest BCUT2D eigenvalue weighted by molar-refractivity contribution is 0.0945. The highest BCUT2D eigenvalue weighted by Gasteiger charge is 2.21. The molecule has 7 heteroatoms. The van der Waals surface area contributed by atoms with Crippen molar-refractivity contribution in [3.8, 4) is 5.69 Å². The number of benzene rings is 1. The van der Waals surface area contributed by atoms with Gasteiger partial charge in [-0.2, -0.15) is 0 Å². The smallest absolute Gasteiger partial charge is 0.273 e. The van der Waals surface area contributed by atoms with Crippen molar-refractivity contribution < 1.29 is 4.79 Å². The molecule has 1 aromatic heterocycles. The second-order valence-electron chi connectivity index (χ2n) is 6.43. The maximum Gasteiger partial charge on any atom is 0.273 e. The van der Waals surface area contributed by atoms with Crippen LogP contribution in [0.5, 0.6) is 0 Å². The van der Waals surface area contributed by atoms with Gasteiger partial charge in [-0.3, -0.25) is 4.79 Å². The number of carbonyl (C=O) groups is 1. The van der Waals surface area contributed by atoms with Crippen LogP contribution in [0.25, 0.3) is 5.69 Å². The average molecular weight is 362 g/mol. The summed E-state index contributed by atoms with van der Waals surface area (Å²) in [5.74, 6) is 0.500. The molecule has 0 radical (unpaired) electrons. The lowest BCUT2D eigenvalue weighted by Gasteiger charge is -2.10. The predicted molar refractivity (Wildman–Crippen MR) is 98.3 cm³/mol. The van der Waals surface area contributed by atoms with Crippen molar-refractivity contribution in [2.75, 3.05) is 19.6 Å². The lowest BCUT2D eigenvalue weighted by Crippen LogP contribution is -2.27. The van der Waals surface area contributed by atoms with E-state index in [4.69, 9.17) is 11.6 Å². The van der Waals surface area contributed by atoms with Crippen molar-refractivity contribution >= 4 is 17.5 Å². The molecular formula is C18H24ClN5O. The Labute approximate surface area is 152 Å². The minimum Gasteiger partial charge on any atom is -0.351 e. The number of halogens is 1. The van der Waals surface area contributed by atoms with Gasteiger partial charge in [0.15, 0.2) is 5.69 Å². The van der Waals surface area contributed by atoms with Gasteiger partial charge in [0.25, 0.3) is 5.91 Å². The Hall–Kier alpha value is -1.92. The highest BCUT2D eigenvalue weighted by atomic mass is 35.5. The summed E-state index contributed by atoms with van der Waals surface area (Å²) in [6, 6.07) is 7.41. The summed E-state index contributed by atoms with van der Waals surface area (Å²) in [5, 5.41) is 15.3. The van der Waals surface area contributed by atoms with E-state index in [-0.39, 0.29) is 5.91 Å². The van der Waals surface area contributed by atoms with Gasteiger partial charge >= 0.3 is 0 Å². The van der Waals surface area contributed by atoms with E-state index in [0.717, 1.165) is 43.7 Å². The zero-order valence-electron chi connectivity index (χ0n) is 14.5. The van der Waals surface area contributed by atoms with Crippen LogP contribution in [0, 0.1) is 5.92 Å². The topological polar surface area (TPSA) is 71.8 Å². The molecule has 2 N–H and O–H groups in total. The van der Waals surface area contributed by atoms with Gasteiger partial charge in [-0.05, 0) is 56.5 Å². The quantitative estimate of drug-likeness (QED) is 0.795. The van der Waals surface area contributed by atoms with Crippen molar-refractivity contribution in [2.45, 2.75) is 32.6 Å². The summed E-state index contributed by atoms with van der Waals surface area (Å²) < 4.78 is 1.71. The number of hydrogen-bond donors (Lipinski definition) is 2. The fourth-order valence-corrected chi connectivity index (χ4v) is 3.37. The van der Waals surface area contributed by atoms with Crippen molar-refractivity contribution in [3.05, 3.63) is 40.7 Å². The highest BCUT2D eigenvalue weighted by molar-refractivity contribution is 6.30. The molecule has 1 aromatic carbocycles. The fraction of sp³-hybridized carbons (Fsp3) is 0.500. The van der Waals surface area contributed by atoms with Crippen LogP contribution >= 0.6 is 11.6 Å². The van der Waals surface area contributed by atoms with E-state index in [2.05, 4.69) is 27.9 Å². The number of nitrogens with one attached hydrogen (secondary N) is 2. The Kier molecular flexibility index (Phi) is 6.04.